The zero-order valence-electron chi connectivity index (χ0n) is 12.1. The first kappa shape index (κ1) is 20.1. The molecule has 0 fully saturated rings. The van der Waals surface area contributed by atoms with Gasteiger partial charge in [-0.15, -0.1) is 24.0 Å². The van der Waals surface area contributed by atoms with Crippen molar-refractivity contribution in [1.82, 2.24) is 5.32 Å². The van der Waals surface area contributed by atoms with Crippen molar-refractivity contribution in [2.45, 2.75) is 19.4 Å². The summed E-state index contributed by atoms with van der Waals surface area (Å²) in [5, 5.41) is 12.8. The smallest absolute Gasteiger partial charge is 0.188 e. The van der Waals surface area contributed by atoms with E-state index >= 15 is 0 Å². The summed E-state index contributed by atoms with van der Waals surface area (Å²) in [4.78, 5) is 4.04. The molecule has 0 radical (unpaired) electrons. The summed E-state index contributed by atoms with van der Waals surface area (Å²) in [6.07, 6.45) is 0.0456. The molecule has 0 amide bonds. The molecule has 0 bridgehead atoms. The number of halogens is 2. The molecule has 7 heteroatoms. The number of nitrogens with two attached hydrogens (primary N) is 1. The Morgan fingerprint density at radius 2 is 2.10 bits per heavy atom. The van der Waals surface area contributed by atoms with Gasteiger partial charge in [-0.3, -0.25) is 4.99 Å². The molecule has 1 aromatic rings. The summed E-state index contributed by atoms with van der Waals surface area (Å²) >= 11 is 0. The summed E-state index contributed by atoms with van der Waals surface area (Å²) in [7, 11) is 0. The van der Waals surface area contributed by atoms with Crippen molar-refractivity contribution in [3.63, 3.8) is 0 Å². The van der Waals surface area contributed by atoms with Gasteiger partial charge in [-0.25, -0.2) is 4.39 Å². The van der Waals surface area contributed by atoms with Crippen molar-refractivity contribution in [1.29, 1.82) is 0 Å². The molecule has 21 heavy (non-hydrogen) atoms. The van der Waals surface area contributed by atoms with E-state index in [4.69, 9.17) is 10.5 Å². The number of hydrogen-bond donors (Lipinski definition) is 3. The third-order valence-electron chi connectivity index (χ3n) is 2.67. The number of aliphatic hydroxyl groups excluding tert-OH is 1. The maximum atomic E-state index is 12.7. The molecule has 5 nitrogen and oxygen atoms in total. The second-order valence-corrected chi connectivity index (χ2v) is 4.27. The van der Waals surface area contributed by atoms with Crippen LogP contribution >= 0.6 is 24.0 Å². The highest BCUT2D eigenvalue weighted by Crippen LogP contribution is 2.13. The SMILES string of the molecule is CCOCCCNC(N)=NCC(O)c1ccc(F)cc1.I. The lowest BCUT2D eigenvalue weighted by Gasteiger charge is -2.10. The largest absolute Gasteiger partial charge is 0.386 e. The second-order valence-electron chi connectivity index (χ2n) is 4.27. The van der Waals surface area contributed by atoms with Crippen molar-refractivity contribution in [3.8, 4) is 0 Å². The Kier molecular flexibility index (Phi) is 11.2. The molecule has 0 heterocycles. The minimum atomic E-state index is -0.792. The van der Waals surface area contributed by atoms with Gasteiger partial charge in [0.2, 0.25) is 0 Å². The Labute approximate surface area is 141 Å². The Hall–Kier alpha value is -0.930. The predicted octanol–water partition coefficient (Wildman–Crippen LogP) is 1.81. The number of hydrogen-bond acceptors (Lipinski definition) is 3. The number of rotatable bonds is 8. The molecule has 1 rings (SSSR count). The first-order valence-electron chi connectivity index (χ1n) is 6.68. The maximum Gasteiger partial charge on any atom is 0.188 e. The number of nitrogens with zero attached hydrogens (tertiary/aromatic N) is 1. The van der Waals surface area contributed by atoms with Gasteiger partial charge in [0.25, 0.3) is 0 Å². The van der Waals surface area contributed by atoms with E-state index < -0.39 is 6.10 Å². The van der Waals surface area contributed by atoms with E-state index in [-0.39, 0.29) is 42.3 Å². The average Bonchev–Trinajstić information content (AvgIpc) is 2.45. The highest BCUT2D eigenvalue weighted by molar-refractivity contribution is 14.0. The molecular weight excluding hydrogens is 388 g/mol. The Morgan fingerprint density at radius 3 is 2.71 bits per heavy atom. The first-order valence-corrected chi connectivity index (χ1v) is 6.68. The molecule has 0 aliphatic carbocycles. The third kappa shape index (κ3) is 8.84. The van der Waals surface area contributed by atoms with Crippen LogP contribution in [0.25, 0.3) is 0 Å². The molecule has 0 saturated carbocycles. The number of nitrogens with one attached hydrogen (secondary N) is 1. The highest BCUT2D eigenvalue weighted by Gasteiger charge is 2.06. The third-order valence-corrected chi connectivity index (χ3v) is 2.67. The topological polar surface area (TPSA) is 79.9 Å². The van der Waals surface area contributed by atoms with Crippen molar-refractivity contribution in [3.05, 3.63) is 35.6 Å². The van der Waals surface area contributed by atoms with E-state index in [0.717, 1.165) is 6.42 Å². The van der Waals surface area contributed by atoms with Gasteiger partial charge in [-0.05, 0) is 31.0 Å². The first-order chi connectivity index (χ1) is 9.63. The summed E-state index contributed by atoms with van der Waals surface area (Å²) in [5.74, 6) is -0.0532. The summed E-state index contributed by atoms with van der Waals surface area (Å²) < 4.78 is 17.9. The quantitative estimate of drug-likeness (QED) is 0.264. The van der Waals surface area contributed by atoms with E-state index in [2.05, 4.69) is 10.3 Å². The van der Waals surface area contributed by atoms with Gasteiger partial charge in [0.05, 0.1) is 12.6 Å². The summed E-state index contributed by atoms with van der Waals surface area (Å²) in [6.45, 7) is 4.13. The second kappa shape index (κ2) is 11.7. The minimum Gasteiger partial charge on any atom is -0.386 e. The number of ether oxygens (including phenoxy) is 1. The van der Waals surface area contributed by atoms with Crippen molar-refractivity contribution < 1.29 is 14.2 Å². The molecular formula is C14H23FIN3O2. The number of aliphatic imine (C=N–C) groups is 1. The molecule has 1 atom stereocenters. The van der Waals surface area contributed by atoms with Gasteiger partial charge in [0.1, 0.15) is 5.82 Å². The number of benzene rings is 1. The predicted molar refractivity (Wildman–Crippen MR) is 92.4 cm³/mol. The molecule has 4 N–H and O–H groups in total. The highest BCUT2D eigenvalue weighted by atomic mass is 127. The van der Waals surface area contributed by atoms with E-state index in [1.807, 2.05) is 6.92 Å². The maximum absolute atomic E-state index is 12.7. The van der Waals surface area contributed by atoms with Crippen LogP contribution in [0.1, 0.15) is 25.0 Å². The molecule has 0 saturated heterocycles. The fourth-order valence-corrected chi connectivity index (χ4v) is 1.57. The Morgan fingerprint density at radius 1 is 1.43 bits per heavy atom. The zero-order chi connectivity index (χ0) is 14.8. The fraction of sp³-hybridized carbons (Fsp3) is 0.500. The van der Waals surface area contributed by atoms with Crippen LogP contribution in [-0.2, 0) is 4.74 Å². The lowest BCUT2D eigenvalue weighted by Crippen LogP contribution is -2.33. The van der Waals surface area contributed by atoms with E-state index in [0.29, 0.717) is 25.3 Å². The van der Waals surface area contributed by atoms with Crippen LogP contribution in [0.2, 0.25) is 0 Å². The minimum absolute atomic E-state index is 0. The van der Waals surface area contributed by atoms with Crippen LogP contribution in [0, 0.1) is 5.82 Å². The van der Waals surface area contributed by atoms with Crippen molar-refractivity contribution in [2.75, 3.05) is 26.3 Å². The van der Waals surface area contributed by atoms with Gasteiger partial charge >= 0.3 is 0 Å². The Balaban J connectivity index is 0.00000400. The van der Waals surface area contributed by atoms with Crippen LogP contribution in [0.5, 0.6) is 0 Å². The molecule has 1 aromatic carbocycles. The summed E-state index contributed by atoms with van der Waals surface area (Å²) in [5.41, 5.74) is 6.28. The van der Waals surface area contributed by atoms with Crippen LogP contribution in [0.3, 0.4) is 0 Å². The lowest BCUT2D eigenvalue weighted by molar-refractivity contribution is 0.145. The van der Waals surface area contributed by atoms with Gasteiger partial charge in [0.15, 0.2) is 5.96 Å². The average molecular weight is 411 g/mol. The van der Waals surface area contributed by atoms with Crippen molar-refractivity contribution in [2.24, 2.45) is 10.7 Å². The van der Waals surface area contributed by atoms with Crippen LogP contribution in [0.4, 0.5) is 4.39 Å². The molecule has 0 aliphatic rings. The van der Waals surface area contributed by atoms with E-state index in [1.165, 1.54) is 24.3 Å². The molecule has 1 unspecified atom stereocenters. The van der Waals surface area contributed by atoms with Crippen LogP contribution in [0.15, 0.2) is 29.3 Å². The van der Waals surface area contributed by atoms with Crippen LogP contribution in [-0.4, -0.2) is 37.4 Å². The number of guanidine groups is 1. The standard InChI is InChI=1S/C14H22FN3O2.HI/c1-2-20-9-3-8-17-14(16)18-10-13(19)11-4-6-12(15)7-5-11;/h4-7,13,19H,2-3,8-10H2,1H3,(H3,16,17,18);1H. The van der Waals surface area contributed by atoms with Gasteiger partial charge in [-0.1, -0.05) is 12.1 Å². The fourth-order valence-electron chi connectivity index (χ4n) is 1.57. The number of aliphatic hydroxyl groups is 1. The van der Waals surface area contributed by atoms with Gasteiger partial charge < -0.3 is 20.9 Å². The van der Waals surface area contributed by atoms with E-state index in [1.54, 1.807) is 0 Å². The summed E-state index contributed by atoms with van der Waals surface area (Å²) in [6, 6.07) is 5.66. The molecule has 0 aliphatic heterocycles. The van der Waals surface area contributed by atoms with Crippen LogP contribution < -0.4 is 11.1 Å². The zero-order valence-corrected chi connectivity index (χ0v) is 14.4. The molecule has 0 spiro atoms. The Bertz CT molecular complexity index is 415. The normalized spacial score (nSPS) is 12.6. The van der Waals surface area contributed by atoms with Gasteiger partial charge in [0, 0.05) is 19.8 Å². The van der Waals surface area contributed by atoms with Crippen molar-refractivity contribution >= 4 is 29.9 Å². The monoisotopic (exact) mass is 411 g/mol. The van der Waals surface area contributed by atoms with E-state index in [9.17, 15) is 9.50 Å². The van der Waals surface area contributed by atoms with Gasteiger partial charge in [-0.2, -0.15) is 0 Å². The molecule has 0 aromatic heterocycles. The lowest BCUT2D eigenvalue weighted by atomic mass is 10.1. The molecule has 120 valence electrons.